The van der Waals surface area contributed by atoms with Crippen molar-refractivity contribution < 1.29 is 9.18 Å². The van der Waals surface area contributed by atoms with Gasteiger partial charge in [-0.3, -0.25) is 9.89 Å². The zero-order chi connectivity index (χ0) is 19.5. The minimum Gasteiger partial charge on any atom is -0.353 e. The number of hydrogen-bond acceptors (Lipinski definition) is 3. The topological polar surface area (TPSA) is 61.0 Å². The highest BCUT2D eigenvalue weighted by Crippen LogP contribution is 2.25. The molecule has 0 radical (unpaired) electrons. The Morgan fingerprint density at radius 2 is 1.96 bits per heavy atom. The molecule has 1 fully saturated rings. The number of aromatic amines is 1. The second-order valence-corrected chi connectivity index (χ2v) is 7.39. The summed E-state index contributed by atoms with van der Waals surface area (Å²) in [5, 5.41) is 11.2. The van der Waals surface area contributed by atoms with E-state index in [4.69, 9.17) is 11.6 Å². The van der Waals surface area contributed by atoms with E-state index in [-0.39, 0.29) is 24.2 Å². The molecule has 0 aliphatic carbocycles. The number of aromatic nitrogens is 2. The Balaban J connectivity index is 1.33. The maximum absolute atomic E-state index is 13.0. The Kier molecular flexibility index (Phi) is 5.30. The molecule has 1 aliphatic heterocycles. The summed E-state index contributed by atoms with van der Waals surface area (Å²) in [5.41, 5.74) is 2.75. The van der Waals surface area contributed by atoms with Gasteiger partial charge in [0.05, 0.1) is 12.1 Å². The van der Waals surface area contributed by atoms with Crippen LogP contribution in [-0.4, -0.2) is 35.2 Å². The number of hydrogen-bond donors (Lipinski definition) is 2. The molecule has 5 nitrogen and oxygen atoms in total. The van der Waals surface area contributed by atoms with Crippen LogP contribution in [0.1, 0.15) is 12.0 Å². The summed E-state index contributed by atoms with van der Waals surface area (Å²) >= 11 is 5.94. The molecule has 1 aromatic heterocycles. The lowest BCUT2D eigenvalue weighted by Crippen LogP contribution is -2.38. The molecule has 1 amide bonds. The molecule has 2 heterocycles. The normalized spacial score (nSPS) is 16.4. The van der Waals surface area contributed by atoms with E-state index in [0.29, 0.717) is 11.6 Å². The monoisotopic (exact) mass is 398 g/mol. The van der Waals surface area contributed by atoms with Crippen molar-refractivity contribution in [3.63, 3.8) is 0 Å². The summed E-state index contributed by atoms with van der Waals surface area (Å²) in [5.74, 6) is 0.509. The van der Waals surface area contributed by atoms with Crippen LogP contribution in [0.4, 0.5) is 10.2 Å². The van der Waals surface area contributed by atoms with Gasteiger partial charge in [0.25, 0.3) is 0 Å². The van der Waals surface area contributed by atoms with Gasteiger partial charge in [-0.15, -0.1) is 0 Å². The molecule has 144 valence electrons. The molecule has 1 atom stereocenters. The van der Waals surface area contributed by atoms with E-state index in [1.807, 2.05) is 30.3 Å². The summed E-state index contributed by atoms with van der Waals surface area (Å²) in [6.45, 7) is 1.53. The Labute approximate surface area is 167 Å². The maximum Gasteiger partial charge on any atom is 0.224 e. The highest BCUT2D eigenvalue weighted by molar-refractivity contribution is 6.30. The molecule has 1 unspecified atom stereocenters. The predicted octanol–water partition coefficient (Wildman–Crippen LogP) is 3.81. The molecule has 1 aliphatic rings. The number of anilines is 1. The Bertz CT molecular complexity index is 955. The van der Waals surface area contributed by atoms with Crippen molar-refractivity contribution in [1.82, 2.24) is 15.5 Å². The van der Waals surface area contributed by atoms with Gasteiger partial charge < -0.3 is 10.2 Å². The fraction of sp³-hybridized carbons (Fsp3) is 0.238. The van der Waals surface area contributed by atoms with Gasteiger partial charge >= 0.3 is 0 Å². The summed E-state index contributed by atoms with van der Waals surface area (Å²) in [6.07, 6.45) is 1.11. The minimum absolute atomic E-state index is 0.0534. The van der Waals surface area contributed by atoms with Gasteiger partial charge in [-0.25, -0.2) is 4.39 Å². The van der Waals surface area contributed by atoms with E-state index in [1.165, 1.54) is 12.1 Å². The lowest BCUT2D eigenvalue weighted by atomic mass is 10.1. The van der Waals surface area contributed by atoms with Crippen molar-refractivity contribution in [2.45, 2.75) is 18.9 Å². The second kappa shape index (κ2) is 8.02. The van der Waals surface area contributed by atoms with E-state index in [9.17, 15) is 9.18 Å². The van der Waals surface area contributed by atoms with Gasteiger partial charge in [0.1, 0.15) is 5.82 Å². The molecule has 3 aromatic rings. The highest BCUT2D eigenvalue weighted by atomic mass is 35.5. The van der Waals surface area contributed by atoms with Gasteiger partial charge in [-0.2, -0.15) is 5.10 Å². The molecule has 2 aromatic carbocycles. The molecule has 28 heavy (non-hydrogen) atoms. The Morgan fingerprint density at radius 1 is 1.21 bits per heavy atom. The standard InChI is InChI=1S/C21H20ClFN4O/c22-16-5-3-15(4-6-16)19-12-20(26-25-19)27-10-9-18(13-27)24-21(28)11-14-1-7-17(23)8-2-14/h1-8,12,18H,9-11,13H2,(H,24,28)(H,25,26). The van der Waals surface area contributed by atoms with E-state index < -0.39 is 0 Å². The predicted molar refractivity (Wildman–Crippen MR) is 108 cm³/mol. The maximum atomic E-state index is 13.0. The summed E-state index contributed by atoms with van der Waals surface area (Å²) in [4.78, 5) is 14.4. The van der Waals surface area contributed by atoms with Crippen molar-refractivity contribution in [2.75, 3.05) is 18.0 Å². The van der Waals surface area contributed by atoms with Crippen LogP contribution in [0, 0.1) is 5.82 Å². The molecule has 0 spiro atoms. The van der Waals surface area contributed by atoms with Crippen molar-refractivity contribution in [2.24, 2.45) is 0 Å². The zero-order valence-electron chi connectivity index (χ0n) is 15.2. The van der Waals surface area contributed by atoms with Crippen LogP contribution in [-0.2, 0) is 11.2 Å². The van der Waals surface area contributed by atoms with Gasteiger partial charge in [0, 0.05) is 30.2 Å². The largest absolute Gasteiger partial charge is 0.353 e. The lowest BCUT2D eigenvalue weighted by molar-refractivity contribution is -0.121. The lowest BCUT2D eigenvalue weighted by Gasteiger charge is -2.16. The van der Waals surface area contributed by atoms with Crippen molar-refractivity contribution in [1.29, 1.82) is 0 Å². The fourth-order valence-electron chi connectivity index (χ4n) is 3.40. The average molecular weight is 399 g/mol. The number of carbonyl (C=O) groups is 1. The van der Waals surface area contributed by atoms with Crippen LogP contribution in [0.5, 0.6) is 0 Å². The Morgan fingerprint density at radius 3 is 2.71 bits per heavy atom. The number of halogens is 2. The van der Waals surface area contributed by atoms with E-state index in [1.54, 1.807) is 12.1 Å². The van der Waals surface area contributed by atoms with E-state index in [0.717, 1.165) is 35.6 Å². The van der Waals surface area contributed by atoms with Crippen LogP contribution in [0.3, 0.4) is 0 Å². The third-order valence-corrected chi connectivity index (χ3v) is 5.13. The smallest absolute Gasteiger partial charge is 0.224 e. The highest BCUT2D eigenvalue weighted by Gasteiger charge is 2.25. The average Bonchev–Trinajstić information content (AvgIpc) is 3.34. The second-order valence-electron chi connectivity index (χ2n) is 6.95. The number of nitrogens with one attached hydrogen (secondary N) is 2. The molecule has 1 saturated heterocycles. The van der Waals surface area contributed by atoms with Gasteiger partial charge in [-0.1, -0.05) is 35.9 Å². The molecular formula is C21H20ClFN4O. The quantitative estimate of drug-likeness (QED) is 0.687. The van der Waals surface area contributed by atoms with Crippen LogP contribution in [0.25, 0.3) is 11.3 Å². The van der Waals surface area contributed by atoms with Gasteiger partial charge in [0.15, 0.2) is 5.82 Å². The molecular weight excluding hydrogens is 379 g/mol. The van der Waals surface area contributed by atoms with Crippen molar-refractivity contribution in [3.8, 4) is 11.3 Å². The third-order valence-electron chi connectivity index (χ3n) is 4.87. The van der Waals surface area contributed by atoms with Crippen LogP contribution in [0.15, 0.2) is 54.6 Å². The molecule has 4 rings (SSSR count). The first kappa shape index (κ1) is 18.5. The third kappa shape index (κ3) is 4.34. The van der Waals surface area contributed by atoms with Crippen molar-refractivity contribution in [3.05, 3.63) is 71.0 Å². The minimum atomic E-state index is -0.299. The number of rotatable bonds is 5. The number of carbonyl (C=O) groups excluding carboxylic acids is 1. The summed E-state index contributed by atoms with van der Waals surface area (Å²) in [6, 6.07) is 15.7. The van der Waals surface area contributed by atoms with Crippen LogP contribution < -0.4 is 10.2 Å². The molecule has 7 heteroatoms. The van der Waals surface area contributed by atoms with Gasteiger partial charge in [-0.05, 0) is 41.8 Å². The number of H-pyrrole nitrogens is 1. The first-order valence-electron chi connectivity index (χ1n) is 9.17. The molecule has 2 N–H and O–H groups in total. The van der Waals surface area contributed by atoms with Gasteiger partial charge in [0.2, 0.25) is 5.91 Å². The summed E-state index contributed by atoms with van der Waals surface area (Å²) < 4.78 is 13.0. The first-order valence-corrected chi connectivity index (χ1v) is 9.55. The Hall–Kier alpha value is -2.86. The fourth-order valence-corrected chi connectivity index (χ4v) is 3.53. The first-order chi connectivity index (χ1) is 13.6. The molecule has 0 bridgehead atoms. The SMILES string of the molecule is O=C(Cc1ccc(F)cc1)NC1CCN(c2cc(-c3ccc(Cl)cc3)[nH]n2)C1. The van der Waals surface area contributed by atoms with Crippen LogP contribution >= 0.6 is 11.6 Å². The van der Waals surface area contributed by atoms with Crippen LogP contribution in [0.2, 0.25) is 5.02 Å². The molecule has 0 saturated carbocycles. The number of nitrogens with zero attached hydrogens (tertiary/aromatic N) is 2. The number of amides is 1. The summed E-state index contributed by atoms with van der Waals surface area (Å²) in [7, 11) is 0. The van der Waals surface area contributed by atoms with E-state index >= 15 is 0 Å². The van der Waals surface area contributed by atoms with Crippen molar-refractivity contribution >= 4 is 23.3 Å². The number of benzene rings is 2. The zero-order valence-corrected chi connectivity index (χ0v) is 15.9. The van der Waals surface area contributed by atoms with E-state index in [2.05, 4.69) is 20.4 Å².